The van der Waals surface area contributed by atoms with E-state index < -0.39 is 6.30 Å². The van der Waals surface area contributed by atoms with Crippen LogP contribution in [0.2, 0.25) is 0 Å². The summed E-state index contributed by atoms with van der Waals surface area (Å²) in [6.07, 6.45) is -1.90. The largest absolute Gasteiger partial charge is 0.491 e. The van der Waals surface area contributed by atoms with Gasteiger partial charge in [0.2, 0.25) is 5.95 Å². The van der Waals surface area contributed by atoms with Crippen LogP contribution < -0.4 is 4.90 Å². The van der Waals surface area contributed by atoms with Crippen molar-refractivity contribution in [2.24, 2.45) is 0 Å². The first-order valence-corrected chi connectivity index (χ1v) is 4.50. The number of halogens is 3. The SMILES string of the molecule is FC(F)(F)N(c1ccccc1)c1ncc[nH]1. The molecule has 0 amide bonds. The summed E-state index contributed by atoms with van der Waals surface area (Å²) < 4.78 is 38.5. The maximum absolute atomic E-state index is 12.8. The lowest BCUT2D eigenvalue weighted by molar-refractivity contribution is -0.121. The summed E-state index contributed by atoms with van der Waals surface area (Å²) in [6.45, 7) is 0. The molecule has 1 aromatic carbocycles. The fraction of sp³-hybridized carbons (Fsp3) is 0.100. The molecule has 0 spiro atoms. The lowest BCUT2D eigenvalue weighted by Crippen LogP contribution is -2.34. The molecule has 16 heavy (non-hydrogen) atoms. The van der Waals surface area contributed by atoms with Crippen molar-refractivity contribution < 1.29 is 13.2 Å². The molecular formula is C10H8F3N3. The predicted octanol–water partition coefficient (Wildman–Crippen LogP) is 3.07. The van der Waals surface area contributed by atoms with Crippen molar-refractivity contribution in [1.29, 1.82) is 0 Å². The Morgan fingerprint density at radius 1 is 1.12 bits per heavy atom. The minimum absolute atomic E-state index is 0.0185. The van der Waals surface area contributed by atoms with E-state index in [0.29, 0.717) is 0 Å². The summed E-state index contributed by atoms with van der Waals surface area (Å²) in [5.74, 6) is -0.251. The predicted molar refractivity (Wildman–Crippen MR) is 53.2 cm³/mol. The molecule has 84 valence electrons. The van der Waals surface area contributed by atoms with Gasteiger partial charge in [-0.1, -0.05) is 18.2 Å². The van der Waals surface area contributed by atoms with Gasteiger partial charge in [-0.2, -0.15) is 0 Å². The van der Waals surface area contributed by atoms with E-state index in [-0.39, 0.29) is 16.5 Å². The third-order valence-electron chi connectivity index (χ3n) is 1.96. The van der Waals surface area contributed by atoms with Crippen LogP contribution in [0.1, 0.15) is 0 Å². The van der Waals surface area contributed by atoms with Gasteiger partial charge in [0.1, 0.15) is 0 Å². The molecule has 6 heteroatoms. The number of benzene rings is 1. The van der Waals surface area contributed by atoms with Gasteiger partial charge in [-0.3, -0.25) is 0 Å². The van der Waals surface area contributed by atoms with Crippen LogP contribution in [0, 0.1) is 0 Å². The van der Waals surface area contributed by atoms with Crippen LogP contribution in [-0.2, 0) is 0 Å². The van der Waals surface area contributed by atoms with E-state index in [1.165, 1.54) is 36.7 Å². The third-order valence-corrected chi connectivity index (χ3v) is 1.96. The van der Waals surface area contributed by atoms with Crippen molar-refractivity contribution in [1.82, 2.24) is 9.97 Å². The van der Waals surface area contributed by atoms with Crippen LogP contribution in [-0.4, -0.2) is 16.3 Å². The molecule has 0 fully saturated rings. The summed E-state index contributed by atoms with van der Waals surface area (Å²) in [5.41, 5.74) is 0.0185. The van der Waals surface area contributed by atoms with E-state index >= 15 is 0 Å². The first-order chi connectivity index (χ1) is 7.59. The molecule has 0 aliphatic carbocycles. The van der Waals surface area contributed by atoms with Crippen LogP contribution >= 0.6 is 0 Å². The van der Waals surface area contributed by atoms with E-state index in [0.717, 1.165) is 0 Å². The van der Waals surface area contributed by atoms with Gasteiger partial charge in [0, 0.05) is 12.4 Å². The zero-order valence-corrected chi connectivity index (χ0v) is 8.07. The van der Waals surface area contributed by atoms with Crippen molar-refractivity contribution >= 4 is 11.6 Å². The molecule has 0 unspecified atom stereocenters. The number of aromatic nitrogens is 2. The van der Waals surface area contributed by atoms with Gasteiger partial charge in [-0.05, 0) is 12.1 Å². The van der Waals surface area contributed by atoms with Crippen molar-refractivity contribution in [3.8, 4) is 0 Å². The standard InChI is InChI=1S/C10H8F3N3/c11-10(12,13)16(9-14-6-7-15-9)8-4-2-1-3-5-8/h1-7H,(H,14,15). The van der Waals surface area contributed by atoms with E-state index in [9.17, 15) is 13.2 Å². The summed E-state index contributed by atoms with van der Waals surface area (Å²) >= 11 is 0. The first-order valence-electron chi connectivity index (χ1n) is 4.50. The lowest BCUT2D eigenvalue weighted by Gasteiger charge is -2.24. The lowest BCUT2D eigenvalue weighted by atomic mass is 10.3. The Bertz CT molecular complexity index is 436. The zero-order chi connectivity index (χ0) is 11.6. The molecule has 1 heterocycles. The molecule has 0 atom stereocenters. The highest BCUT2D eigenvalue weighted by Gasteiger charge is 2.40. The summed E-state index contributed by atoms with van der Waals surface area (Å²) in [4.78, 5) is 6.23. The summed E-state index contributed by atoms with van der Waals surface area (Å²) in [7, 11) is 0. The highest BCUT2D eigenvalue weighted by Crippen LogP contribution is 2.33. The van der Waals surface area contributed by atoms with Gasteiger partial charge in [-0.15, -0.1) is 13.2 Å². The molecule has 0 aliphatic heterocycles. The number of rotatable bonds is 2. The normalized spacial score (nSPS) is 11.4. The Morgan fingerprint density at radius 2 is 1.81 bits per heavy atom. The van der Waals surface area contributed by atoms with E-state index in [1.807, 2.05) is 0 Å². The van der Waals surface area contributed by atoms with Gasteiger partial charge >= 0.3 is 6.30 Å². The maximum Gasteiger partial charge on any atom is 0.491 e. The monoisotopic (exact) mass is 227 g/mol. The van der Waals surface area contributed by atoms with Gasteiger partial charge in [0.05, 0.1) is 5.69 Å². The van der Waals surface area contributed by atoms with E-state index in [2.05, 4.69) is 9.97 Å². The minimum atomic E-state index is -4.51. The van der Waals surface area contributed by atoms with Gasteiger partial charge in [0.25, 0.3) is 0 Å². The van der Waals surface area contributed by atoms with Crippen molar-refractivity contribution in [2.75, 3.05) is 4.90 Å². The summed E-state index contributed by atoms with van der Waals surface area (Å²) in [5, 5.41) is 0. The topological polar surface area (TPSA) is 31.9 Å². The van der Waals surface area contributed by atoms with Gasteiger partial charge in [-0.25, -0.2) is 9.88 Å². The molecular weight excluding hydrogens is 219 g/mol. The molecule has 0 aliphatic rings. The molecule has 0 saturated carbocycles. The average Bonchev–Trinajstić information content (AvgIpc) is 2.71. The van der Waals surface area contributed by atoms with Gasteiger partial charge in [0.15, 0.2) is 0 Å². The second-order valence-corrected chi connectivity index (χ2v) is 3.05. The molecule has 2 aromatic rings. The third kappa shape index (κ3) is 2.00. The highest BCUT2D eigenvalue weighted by molar-refractivity contribution is 5.57. The highest BCUT2D eigenvalue weighted by atomic mass is 19.4. The Hall–Kier alpha value is -1.98. The summed E-state index contributed by atoms with van der Waals surface area (Å²) in [6, 6.07) is 7.47. The molecule has 0 saturated heterocycles. The minimum Gasteiger partial charge on any atom is -0.330 e. The molecule has 0 radical (unpaired) electrons. The first kappa shape index (κ1) is 10.5. The number of alkyl halides is 3. The number of aromatic amines is 1. The second-order valence-electron chi connectivity index (χ2n) is 3.05. The van der Waals surface area contributed by atoms with Crippen molar-refractivity contribution in [3.05, 3.63) is 42.7 Å². The van der Waals surface area contributed by atoms with Crippen LogP contribution in [0.15, 0.2) is 42.7 Å². The number of hydrogen-bond acceptors (Lipinski definition) is 2. The molecule has 2 rings (SSSR count). The van der Waals surface area contributed by atoms with E-state index in [4.69, 9.17) is 0 Å². The smallest absolute Gasteiger partial charge is 0.330 e. The number of nitrogens with one attached hydrogen (secondary N) is 1. The Morgan fingerprint density at radius 3 is 2.31 bits per heavy atom. The number of para-hydroxylation sites is 1. The fourth-order valence-electron chi connectivity index (χ4n) is 1.35. The van der Waals surface area contributed by atoms with Crippen molar-refractivity contribution in [3.63, 3.8) is 0 Å². The maximum atomic E-state index is 12.8. The number of anilines is 2. The Balaban J connectivity index is 2.45. The fourth-order valence-corrected chi connectivity index (χ4v) is 1.35. The van der Waals surface area contributed by atoms with Crippen LogP contribution in [0.4, 0.5) is 24.8 Å². The quantitative estimate of drug-likeness (QED) is 0.799. The van der Waals surface area contributed by atoms with Crippen LogP contribution in [0.25, 0.3) is 0 Å². The second kappa shape index (κ2) is 3.88. The van der Waals surface area contributed by atoms with Crippen molar-refractivity contribution in [2.45, 2.75) is 6.30 Å². The Labute approximate surface area is 89.5 Å². The molecule has 3 nitrogen and oxygen atoms in total. The molecule has 0 bridgehead atoms. The zero-order valence-electron chi connectivity index (χ0n) is 8.07. The number of imidazole rings is 1. The number of H-pyrrole nitrogens is 1. The number of nitrogens with zero attached hydrogens (tertiary/aromatic N) is 2. The van der Waals surface area contributed by atoms with Crippen LogP contribution in [0.5, 0.6) is 0 Å². The van der Waals surface area contributed by atoms with Gasteiger partial charge < -0.3 is 4.98 Å². The van der Waals surface area contributed by atoms with E-state index in [1.54, 1.807) is 6.07 Å². The Kier molecular flexibility index (Phi) is 2.55. The average molecular weight is 227 g/mol. The molecule has 1 N–H and O–H groups in total. The molecule has 1 aromatic heterocycles. The van der Waals surface area contributed by atoms with Crippen LogP contribution in [0.3, 0.4) is 0 Å². The number of hydrogen-bond donors (Lipinski definition) is 1.